The number of carbonyl (C=O) groups is 1. The summed E-state index contributed by atoms with van der Waals surface area (Å²) >= 11 is 0. The Balaban J connectivity index is 1.94. The number of nitrogens with one attached hydrogen (secondary N) is 1. The van der Waals surface area contributed by atoms with Crippen molar-refractivity contribution in [1.29, 1.82) is 0 Å². The highest BCUT2D eigenvalue weighted by molar-refractivity contribution is 5.91. The Bertz CT molecular complexity index is 425. The van der Waals surface area contributed by atoms with Gasteiger partial charge >= 0.3 is 0 Å². The molecule has 0 aliphatic carbocycles. The van der Waals surface area contributed by atoms with Crippen LogP contribution in [0.3, 0.4) is 0 Å². The first-order valence-electron chi connectivity index (χ1n) is 4.43. The third kappa shape index (κ3) is 2.40. The smallest absolute Gasteiger partial charge is 0.270 e. The number of rotatable bonds is 3. The van der Waals surface area contributed by atoms with Crippen LogP contribution in [-0.2, 0) is 6.54 Å². The van der Waals surface area contributed by atoms with E-state index >= 15 is 0 Å². The molecule has 0 aliphatic rings. The fourth-order valence-electron chi connectivity index (χ4n) is 1.10. The number of furan rings is 1. The van der Waals surface area contributed by atoms with Crippen LogP contribution in [0, 0.1) is 0 Å². The van der Waals surface area contributed by atoms with Crippen molar-refractivity contribution < 1.29 is 9.21 Å². The molecule has 0 fully saturated rings. The van der Waals surface area contributed by atoms with Crippen molar-refractivity contribution in [2.24, 2.45) is 0 Å². The van der Waals surface area contributed by atoms with E-state index < -0.39 is 0 Å². The lowest BCUT2D eigenvalue weighted by atomic mass is 10.3. The van der Waals surface area contributed by atoms with Crippen LogP contribution in [0.5, 0.6) is 0 Å². The Hall–Kier alpha value is -2.17. The van der Waals surface area contributed by atoms with Gasteiger partial charge in [-0.3, -0.25) is 4.79 Å². The Morgan fingerprint density at radius 3 is 3.07 bits per heavy atom. The van der Waals surface area contributed by atoms with E-state index in [4.69, 9.17) is 4.42 Å². The first-order chi connectivity index (χ1) is 7.36. The maximum atomic E-state index is 11.5. The highest BCUT2D eigenvalue weighted by Gasteiger charge is 2.06. The molecule has 0 unspecified atom stereocenters. The monoisotopic (exact) mass is 203 g/mol. The normalized spacial score (nSPS) is 9.87. The topological polar surface area (TPSA) is 68.0 Å². The Morgan fingerprint density at radius 1 is 1.47 bits per heavy atom. The molecule has 0 aromatic carbocycles. The van der Waals surface area contributed by atoms with Gasteiger partial charge in [-0.15, -0.1) is 0 Å². The average molecular weight is 203 g/mol. The molecule has 0 saturated heterocycles. The summed E-state index contributed by atoms with van der Waals surface area (Å²) in [4.78, 5) is 19.0. The van der Waals surface area contributed by atoms with E-state index in [1.165, 1.54) is 12.5 Å². The molecule has 2 rings (SSSR count). The second-order valence-electron chi connectivity index (χ2n) is 2.86. The van der Waals surface area contributed by atoms with E-state index in [-0.39, 0.29) is 5.91 Å². The molecule has 1 amide bonds. The van der Waals surface area contributed by atoms with Crippen molar-refractivity contribution in [3.8, 4) is 0 Å². The summed E-state index contributed by atoms with van der Waals surface area (Å²) in [7, 11) is 0. The molecule has 0 aliphatic heterocycles. The first-order valence-corrected chi connectivity index (χ1v) is 4.43. The Kier molecular flexibility index (Phi) is 2.73. The van der Waals surface area contributed by atoms with Crippen molar-refractivity contribution in [2.45, 2.75) is 6.54 Å². The summed E-state index contributed by atoms with van der Waals surface area (Å²) in [6, 6.07) is 5.11. The second kappa shape index (κ2) is 4.36. The summed E-state index contributed by atoms with van der Waals surface area (Å²) in [5, 5.41) is 2.68. The zero-order valence-electron chi connectivity index (χ0n) is 7.88. The standard InChI is InChI=1S/C10H9N3O2/c14-10(9-3-4-11-7-13-9)12-6-8-2-1-5-15-8/h1-5,7H,6H2,(H,12,14). The SMILES string of the molecule is O=C(NCc1ccco1)c1ccncn1. The Morgan fingerprint density at radius 2 is 2.40 bits per heavy atom. The molecular weight excluding hydrogens is 194 g/mol. The number of carbonyl (C=O) groups excluding carboxylic acids is 1. The second-order valence-corrected chi connectivity index (χ2v) is 2.86. The van der Waals surface area contributed by atoms with Crippen molar-refractivity contribution in [2.75, 3.05) is 0 Å². The lowest BCUT2D eigenvalue weighted by Gasteiger charge is -2.01. The van der Waals surface area contributed by atoms with Crippen LogP contribution < -0.4 is 5.32 Å². The maximum Gasteiger partial charge on any atom is 0.270 e. The molecule has 0 atom stereocenters. The Labute approximate surface area is 86.2 Å². The minimum absolute atomic E-state index is 0.242. The van der Waals surface area contributed by atoms with E-state index in [0.717, 1.165) is 0 Å². The molecule has 0 saturated carbocycles. The summed E-state index contributed by atoms with van der Waals surface area (Å²) in [5.74, 6) is 0.464. The number of hydrogen-bond donors (Lipinski definition) is 1. The fourth-order valence-corrected chi connectivity index (χ4v) is 1.10. The summed E-state index contributed by atoms with van der Waals surface area (Å²) < 4.78 is 5.07. The van der Waals surface area contributed by atoms with Gasteiger partial charge in [0.1, 0.15) is 17.8 Å². The third-order valence-electron chi connectivity index (χ3n) is 1.82. The van der Waals surface area contributed by atoms with Crippen LogP contribution in [-0.4, -0.2) is 15.9 Å². The lowest BCUT2D eigenvalue weighted by molar-refractivity contribution is 0.0943. The lowest BCUT2D eigenvalue weighted by Crippen LogP contribution is -2.23. The van der Waals surface area contributed by atoms with Crippen LogP contribution in [0.4, 0.5) is 0 Å². The fraction of sp³-hybridized carbons (Fsp3) is 0.100. The van der Waals surface area contributed by atoms with Crippen LogP contribution in [0.15, 0.2) is 41.4 Å². The highest BCUT2D eigenvalue weighted by atomic mass is 16.3. The molecule has 0 radical (unpaired) electrons. The van der Waals surface area contributed by atoms with Crippen LogP contribution in [0.1, 0.15) is 16.2 Å². The number of amides is 1. The zero-order chi connectivity index (χ0) is 10.5. The van der Waals surface area contributed by atoms with E-state index in [0.29, 0.717) is 18.0 Å². The minimum atomic E-state index is -0.242. The van der Waals surface area contributed by atoms with E-state index in [1.807, 2.05) is 0 Å². The van der Waals surface area contributed by atoms with Gasteiger partial charge in [0.25, 0.3) is 5.91 Å². The van der Waals surface area contributed by atoms with E-state index in [1.54, 1.807) is 24.5 Å². The molecule has 5 heteroatoms. The van der Waals surface area contributed by atoms with E-state index in [2.05, 4.69) is 15.3 Å². The maximum absolute atomic E-state index is 11.5. The van der Waals surface area contributed by atoms with Gasteiger partial charge < -0.3 is 9.73 Å². The summed E-state index contributed by atoms with van der Waals surface area (Å²) in [5.41, 5.74) is 0.344. The van der Waals surface area contributed by atoms with Gasteiger partial charge in [-0.2, -0.15) is 0 Å². The quantitative estimate of drug-likeness (QED) is 0.808. The summed E-state index contributed by atoms with van der Waals surface area (Å²) in [6.45, 7) is 0.357. The zero-order valence-corrected chi connectivity index (χ0v) is 7.88. The molecule has 2 heterocycles. The largest absolute Gasteiger partial charge is 0.467 e. The van der Waals surface area contributed by atoms with Crippen LogP contribution >= 0.6 is 0 Å². The molecule has 5 nitrogen and oxygen atoms in total. The predicted molar refractivity (Wildman–Crippen MR) is 51.9 cm³/mol. The number of aromatic nitrogens is 2. The molecule has 2 aromatic heterocycles. The van der Waals surface area contributed by atoms with Gasteiger partial charge in [-0.05, 0) is 18.2 Å². The van der Waals surface area contributed by atoms with Crippen LogP contribution in [0.2, 0.25) is 0 Å². The molecule has 76 valence electrons. The molecular formula is C10H9N3O2. The molecule has 1 N–H and O–H groups in total. The van der Waals surface area contributed by atoms with Gasteiger partial charge in [-0.1, -0.05) is 0 Å². The predicted octanol–water partition coefficient (Wildman–Crippen LogP) is 1.000. The first kappa shape index (κ1) is 9.39. The van der Waals surface area contributed by atoms with Gasteiger partial charge in [-0.25, -0.2) is 9.97 Å². The molecule has 15 heavy (non-hydrogen) atoms. The van der Waals surface area contributed by atoms with Gasteiger partial charge in [0, 0.05) is 6.20 Å². The van der Waals surface area contributed by atoms with Gasteiger partial charge in [0.05, 0.1) is 12.8 Å². The van der Waals surface area contributed by atoms with E-state index in [9.17, 15) is 4.79 Å². The number of hydrogen-bond acceptors (Lipinski definition) is 4. The van der Waals surface area contributed by atoms with Gasteiger partial charge in [0.2, 0.25) is 0 Å². The third-order valence-corrected chi connectivity index (χ3v) is 1.82. The highest BCUT2D eigenvalue weighted by Crippen LogP contribution is 1.99. The minimum Gasteiger partial charge on any atom is -0.467 e. The average Bonchev–Trinajstić information content (AvgIpc) is 2.80. The van der Waals surface area contributed by atoms with Crippen molar-refractivity contribution in [1.82, 2.24) is 15.3 Å². The van der Waals surface area contributed by atoms with Gasteiger partial charge in [0.15, 0.2) is 0 Å². The van der Waals surface area contributed by atoms with Crippen molar-refractivity contribution in [3.63, 3.8) is 0 Å². The summed E-state index contributed by atoms with van der Waals surface area (Å²) in [6.07, 6.45) is 4.42. The van der Waals surface area contributed by atoms with Crippen molar-refractivity contribution >= 4 is 5.91 Å². The molecule has 2 aromatic rings. The van der Waals surface area contributed by atoms with Crippen LogP contribution in [0.25, 0.3) is 0 Å². The molecule has 0 spiro atoms. The van der Waals surface area contributed by atoms with Crippen molar-refractivity contribution in [3.05, 3.63) is 48.4 Å². The number of nitrogens with zero attached hydrogens (tertiary/aromatic N) is 2. The molecule has 0 bridgehead atoms.